The van der Waals surface area contributed by atoms with E-state index in [0.29, 0.717) is 19.3 Å². The SMILES string of the molecule is CC/C=C\C/C=C\C/C=C\C/C=C\C/C=C\CCCC(=O)OC(COC(=O)CCCCC/C=C\C/C=C\C/C=C\CC)COC(=O)CCCCCCCCCCCCCC/C=C\C/C=C\C/C=C\C/C=C\CC. The van der Waals surface area contributed by atoms with E-state index in [-0.39, 0.29) is 37.5 Å². The molecule has 0 amide bonds. The highest BCUT2D eigenvalue weighted by atomic mass is 16.6. The molecule has 1 unspecified atom stereocenters. The molecule has 0 aromatic carbocycles. The van der Waals surface area contributed by atoms with Crippen molar-refractivity contribution in [1.29, 1.82) is 0 Å². The lowest BCUT2D eigenvalue weighted by atomic mass is 10.0. The molecule has 0 radical (unpaired) electrons. The van der Waals surface area contributed by atoms with Gasteiger partial charge in [-0.3, -0.25) is 14.4 Å². The largest absolute Gasteiger partial charge is 0.462 e. The first-order chi connectivity index (χ1) is 36.0. The second-order valence-electron chi connectivity index (χ2n) is 18.8. The molecule has 0 aromatic rings. The molecule has 0 aromatic heterocycles. The predicted octanol–water partition coefficient (Wildman–Crippen LogP) is 20.0. The molecule has 0 spiro atoms. The zero-order valence-electron chi connectivity index (χ0n) is 46.8. The van der Waals surface area contributed by atoms with Gasteiger partial charge in [0.15, 0.2) is 6.10 Å². The summed E-state index contributed by atoms with van der Waals surface area (Å²) in [5, 5.41) is 0. The van der Waals surface area contributed by atoms with Gasteiger partial charge in [-0.2, -0.15) is 0 Å². The second kappa shape index (κ2) is 59.8. The van der Waals surface area contributed by atoms with Gasteiger partial charge in [0.1, 0.15) is 13.2 Å². The number of hydrogen-bond donors (Lipinski definition) is 0. The summed E-state index contributed by atoms with van der Waals surface area (Å²) in [5.74, 6) is -1.01. The van der Waals surface area contributed by atoms with Crippen LogP contribution in [0.15, 0.2) is 146 Å². The lowest BCUT2D eigenvalue weighted by molar-refractivity contribution is -0.167. The van der Waals surface area contributed by atoms with Crippen LogP contribution < -0.4 is 0 Å². The minimum atomic E-state index is -0.827. The number of carbonyl (C=O) groups excluding carboxylic acids is 3. The van der Waals surface area contributed by atoms with Crippen molar-refractivity contribution in [3.63, 3.8) is 0 Å². The van der Waals surface area contributed by atoms with E-state index in [1.807, 2.05) is 0 Å². The van der Waals surface area contributed by atoms with Crippen molar-refractivity contribution < 1.29 is 28.6 Å². The standard InChI is InChI=1S/C67H106O6/c1-4-7-10-13-16-19-22-25-27-29-30-31-32-33-34-35-36-38-39-42-45-48-51-54-57-60-66(69)72-63-64(62-71-65(68)59-56-53-50-47-44-41-24-21-18-15-12-9-6-3)73-67(70)61-58-55-52-49-46-43-40-37-28-26-23-20-17-14-11-8-5-2/h7-12,16-21,25-28,30-31,40-41,43-44,49,52,64H,4-6,13-15,22-24,29,32-39,42,45-48,50-51,53-63H2,1-3H3/b10-7-,11-8-,12-9-,19-16-,20-17-,21-18-,27-25-,28-26-,31-30-,43-40-,44-41-,52-49-. The van der Waals surface area contributed by atoms with E-state index in [2.05, 4.69) is 167 Å². The maximum absolute atomic E-state index is 12.8. The van der Waals surface area contributed by atoms with Crippen LogP contribution in [0, 0.1) is 0 Å². The van der Waals surface area contributed by atoms with E-state index in [0.717, 1.165) is 128 Å². The van der Waals surface area contributed by atoms with Gasteiger partial charge in [-0.05, 0) is 128 Å². The molecule has 410 valence electrons. The average molecular weight is 1010 g/mol. The molecule has 6 nitrogen and oxygen atoms in total. The minimum Gasteiger partial charge on any atom is -0.462 e. The van der Waals surface area contributed by atoms with Crippen molar-refractivity contribution in [3.8, 4) is 0 Å². The Balaban J connectivity index is 4.42. The number of hydrogen-bond acceptors (Lipinski definition) is 6. The smallest absolute Gasteiger partial charge is 0.306 e. The van der Waals surface area contributed by atoms with Crippen LogP contribution in [0.3, 0.4) is 0 Å². The molecule has 0 saturated heterocycles. The highest BCUT2D eigenvalue weighted by Crippen LogP contribution is 2.14. The van der Waals surface area contributed by atoms with Gasteiger partial charge in [0.05, 0.1) is 0 Å². The van der Waals surface area contributed by atoms with Gasteiger partial charge in [0, 0.05) is 19.3 Å². The van der Waals surface area contributed by atoms with E-state index in [1.54, 1.807) is 0 Å². The summed E-state index contributed by atoms with van der Waals surface area (Å²) < 4.78 is 16.8. The minimum absolute atomic E-state index is 0.116. The van der Waals surface area contributed by atoms with E-state index < -0.39 is 6.10 Å². The number of allylic oxidation sites excluding steroid dienone is 24. The molecule has 0 aliphatic heterocycles. The van der Waals surface area contributed by atoms with Crippen molar-refractivity contribution in [2.45, 2.75) is 245 Å². The Kier molecular flexibility index (Phi) is 56.0. The monoisotopic (exact) mass is 1010 g/mol. The molecule has 0 aliphatic rings. The van der Waals surface area contributed by atoms with Crippen LogP contribution in [0.5, 0.6) is 0 Å². The Hall–Kier alpha value is -4.71. The molecular formula is C67H106O6. The maximum Gasteiger partial charge on any atom is 0.306 e. The van der Waals surface area contributed by atoms with Crippen molar-refractivity contribution in [1.82, 2.24) is 0 Å². The number of rotatable bonds is 51. The van der Waals surface area contributed by atoms with Crippen LogP contribution in [-0.4, -0.2) is 37.2 Å². The molecule has 0 rings (SSSR count). The quantitative estimate of drug-likeness (QED) is 0.0261. The third kappa shape index (κ3) is 58.1. The van der Waals surface area contributed by atoms with Crippen LogP contribution >= 0.6 is 0 Å². The number of ether oxygens (including phenoxy) is 3. The van der Waals surface area contributed by atoms with Crippen LogP contribution in [-0.2, 0) is 28.6 Å². The molecular weight excluding hydrogens is 901 g/mol. The molecule has 1 atom stereocenters. The third-order valence-electron chi connectivity index (χ3n) is 11.8. The lowest BCUT2D eigenvalue weighted by Crippen LogP contribution is -2.30. The third-order valence-corrected chi connectivity index (χ3v) is 11.8. The van der Waals surface area contributed by atoms with E-state index in [1.165, 1.54) is 64.2 Å². The van der Waals surface area contributed by atoms with Gasteiger partial charge in [-0.1, -0.05) is 237 Å². The fraction of sp³-hybridized carbons (Fsp3) is 0.597. The summed E-state index contributed by atoms with van der Waals surface area (Å²) in [5.41, 5.74) is 0. The predicted molar refractivity (Wildman–Crippen MR) is 315 cm³/mol. The van der Waals surface area contributed by atoms with E-state index in [9.17, 15) is 14.4 Å². The summed E-state index contributed by atoms with van der Waals surface area (Å²) in [4.78, 5) is 38.2. The van der Waals surface area contributed by atoms with Crippen LogP contribution in [0.25, 0.3) is 0 Å². The Morgan fingerprint density at radius 2 is 0.507 bits per heavy atom. The molecule has 0 fully saturated rings. The summed E-state index contributed by atoms with van der Waals surface area (Å²) in [6.07, 6.45) is 85.7. The van der Waals surface area contributed by atoms with Crippen molar-refractivity contribution >= 4 is 17.9 Å². The number of esters is 3. The lowest BCUT2D eigenvalue weighted by Gasteiger charge is -2.18. The summed E-state index contributed by atoms with van der Waals surface area (Å²) >= 11 is 0. The molecule has 0 saturated carbocycles. The highest BCUT2D eigenvalue weighted by Gasteiger charge is 2.19. The topological polar surface area (TPSA) is 78.9 Å². The molecule has 0 heterocycles. The fourth-order valence-electron chi connectivity index (χ4n) is 7.54. The zero-order chi connectivity index (χ0) is 52.9. The normalized spacial score (nSPS) is 13.2. The Morgan fingerprint density at radius 1 is 0.274 bits per heavy atom. The van der Waals surface area contributed by atoms with Gasteiger partial charge < -0.3 is 14.2 Å². The number of carbonyl (C=O) groups is 3. The van der Waals surface area contributed by atoms with Crippen LogP contribution in [0.2, 0.25) is 0 Å². The second-order valence-corrected chi connectivity index (χ2v) is 18.8. The van der Waals surface area contributed by atoms with E-state index in [4.69, 9.17) is 14.2 Å². The molecule has 0 N–H and O–H groups in total. The van der Waals surface area contributed by atoms with E-state index >= 15 is 0 Å². The molecule has 6 heteroatoms. The summed E-state index contributed by atoms with van der Waals surface area (Å²) in [6, 6.07) is 0. The molecule has 0 aliphatic carbocycles. The Morgan fingerprint density at radius 3 is 0.822 bits per heavy atom. The van der Waals surface area contributed by atoms with Gasteiger partial charge in [0.2, 0.25) is 0 Å². The first kappa shape index (κ1) is 68.3. The van der Waals surface area contributed by atoms with Crippen molar-refractivity contribution in [2.24, 2.45) is 0 Å². The Bertz CT molecular complexity index is 1630. The highest BCUT2D eigenvalue weighted by molar-refractivity contribution is 5.71. The first-order valence-electron chi connectivity index (χ1n) is 29.3. The van der Waals surface area contributed by atoms with Gasteiger partial charge >= 0.3 is 17.9 Å². The molecule has 73 heavy (non-hydrogen) atoms. The van der Waals surface area contributed by atoms with Crippen LogP contribution in [0.4, 0.5) is 0 Å². The Labute approximate surface area is 448 Å². The van der Waals surface area contributed by atoms with Gasteiger partial charge in [0.25, 0.3) is 0 Å². The van der Waals surface area contributed by atoms with Gasteiger partial charge in [-0.25, -0.2) is 0 Å². The first-order valence-corrected chi connectivity index (χ1v) is 29.3. The summed E-state index contributed by atoms with van der Waals surface area (Å²) in [6.45, 7) is 6.22. The summed E-state index contributed by atoms with van der Waals surface area (Å²) in [7, 11) is 0. The molecule has 0 bridgehead atoms. The van der Waals surface area contributed by atoms with Crippen molar-refractivity contribution in [2.75, 3.05) is 13.2 Å². The number of unbranched alkanes of at least 4 members (excludes halogenated alkanes) is 16. The zero-order valence-corrected chi connectivity index (χ0v) is 46.8. The maximum atomic E-state index is 12.8. The van der Waals surface area contributed by atoms with Gasteiger partial charge in [-0.15, -0.1) is 0 Å². The fourth-order valence-corrected chi connectivity index (χ4v) is 7.54. The van der Waals surface area contributed by atoms with Crippen molar-refractivity contribution in [3.05, 3.63) is 146 Å². The average Bonchev–Trinajstić information content (AvgIpc) is 3.39. The van der Waals surface area contributed by atoms with Crippen LogP contribution in [0.1, 0.15) is 239 Å².